The van der Waals surface area contributed by atoms with E-state index in [2.05, 4.69) is 24.1 Å². The third kappa shape index (κ3) is 2.17. The molecule has 3 atom stereocenters. The van der Waals surface area contributed by atoms with Crippen molar-refractivity contribution < 1.29 is 4.79 Å². The molecule has 3 N–H and O–H groups in total. The van der Waals surface area contributed by atoms with Crippen LogP contribution in [0.5, 0.6) is 0 Å². The Bertz CT molecular complexity index is 560. The molecule has 1 amide bonds. The lowest BCUT2D eigenvalue weighted by molar-refractivity contribution is -0.116. The molecule has 1 fully saturated rings. The summed E-state index contributed by atoms with van der Waals surface area (Å²) in [6, 6.07) is 3.66. The van der Waals surface area contributed by atoms with Gasteiger partial charge in [0.15, 0.2) is 0 Å². The van der Waals surface area contributed by atoms with Crippen LogP contribution < -0.4 is 16.0 Å². The molecule has 20 heavy (non-hydrogen) atoms. The zero-order valence-electron chi connectivity index (χ0n) is 11.8. The Morgan fingerprint density at radius 2 is 2.15 bits per heavy atom. The molecule has 4 nitrogen and oxygen atoms in total. The highest BCUT2D eigenvalue weighted by atomic mass is 35.5. The predicted octanol–water partition coefficient (Wildman–Crippen LogP) is 2.92. The van der Waals surface area contributed by atoms with Crippen molar-refractivity contribution in [1.29, 1.82) is 0 Å². The fourth-order valence-electron chi connectivity index (χ4n) is 3.28. The molecule has 3 unspecified atom stereocenters. The number of benzene rings is 1. The number of nitrogens with zero attached hydrogens (tertiary/aromatic N) is 1. The van der Waals surface area contributed by atoms with Gasteiger partial charge in [-0.3, -0.25) is 4.79 Å². The monoisotopic (exact) mass is 293 g/mol. The number of hydrogen-bond donors (Lipinski definition) is 2. The molecule has 1 saturated heterocycles. The third-order valence-electron chi connectivity index (χ3n) is 4.44. The van der Waals surface area contributed by atoms with E-state index in [1.807, 2.05) is 12.1 Å². The molecule has 1 aromatic rings. The number of halogens is 1. The van der Waals surface area contributed by atoms with Gasteiger partial charge in [-0.15, -0.1) is 0 Å². The van der Waals surface area contributed by atoms with Crippen LogP contribution in [0.1, 0.15) is 38.3 Å². The molecule has 2 heterocycles. The second kappa shape index (κ2) is 4.93. The molecule has 0 radical (unpaired) electrons. The third-order valence-corrected chi connectivity index (χ3v) is 4.74. The van der Waals surface area contributed by atoms with Gasteiger partial charge in [-0.05, 0) is 37.8 Å². The zero-order valence-corrected chi connectivity index (χ0v) is 12.6. The normalized spacial score (nSPS) is 29.3. The van der Waals surface area contributed by atoms with E-state index in [0.717, 1.165) is 29.4 Å². The molecule has 0 aliphatic carbocycles. The topological polar surface area (TPSA) is 58.4 Å². The number of nitrogens with two attached hydrogens (primary N) is 1. The first-order chi connectivity index (χ1) is 9.47. The summed E-state index contributed by atoms with van der Waals surface area (Å²) in [7, 11) is 0. The smallest absolute Gasteiger partial charge is 0.245 e. The van der Waals surface area contributed by atoms with Crippen LogP contribution in [0.4, 0.5) is 11.4 Å². The van der Waals surface area contributed by atoms with Gasteiger partial charge in [0.1, 0.15) is 6.04 Å². The van der Waals surface area contributed by atoms with E-state index in [4.69, 9.17) is 17.3 Å². The van der Waals surface area contributed by atoms with Crippen LogP contribution in [-0.2, 0) is 4.79 Å². The lowest BCUT2D eigenvalue weighted by atomic mass is 9.92. The van der Waals surface area contributed by atoms with Crippen LogP contribution in [-0.4, -0.2) is 18.5 Å². The molecule has 2 aliphatic heterocycles. The summed E-state index contributed by atoms with van der Waals surface area (Å²) in [4.78, 5) is 14.0. The Labute approximate surface area is 124 Å². The number of carbonyl (C=O) groups is 1. The Balaban J connectivity index is 1.96. The van der Waals surface area contributed by atoms with Crippen molar-refractivity contribution in [3.8, 4) is 0 Å². The van der Waals surface area contributed by atoms with Gasteiger partial charge in [0.05, 0.1) is 10.7 Å². The second-order valence-electron chi connectivity index (χ2n) is 6.03. The van der Waals surface area contributed by atoms with Gasteiger partial charge in [-0.1, -0.05) is 18.5 Å². The van der Waals surface area contributed by atoms with Crippen LogP contribution in [0.15, 0.2) is 12.1 Å². The van der Waals surface area contributed by atoms with Crippen LogP contribution in [0.2, 0.25) is 5.02 Å². The number of anilines is 2. The average molecular weight is 294 g/mol. The molecule has 2 aliphatic rings. The maximum atomic E-state index is 11.6. The fraction of sp³-hybridized carbons (Fsp3) is 0.533. The predicted molar refractivity (Wildman–Crippen MR) is 82.2 cm³/mol. The summed E-state index contributed by atoms with van der Waals surface area (Å²) in [6.45, 7) is 5.52. The van der Waals surface area contributed by atoms with Crippen molar-refractivity contribution in [1.82, 2.24) is 0 Å². The highest BCUT2D eigenvalue weighted by molar-refractivity contribution is 6.33. The minimum Gasteiger partial charge on any atom is -0.368 e. The molecule has 0 spiro atoms. The molecule has 0 saturated carbocycles. The summed E-state index contributed by atoms with van der Waals surface area (Å²) in [5.41, 5.74) is 8.44. The van der Waals surface area contributed by atoms with Crippen LogP contribution in [0.25, 0.3) is 0 Å². The molecule has 0 aromatic heterocycles. The molecule has 5 heteroatoms. The maximum Gasteiger partial charge on any atom is 0.245 e. The highest BCUT2D eigenvalue weighted by Gasteiger charge is 2.31. The van der Waals surface area contributed by atoms with Crippen molar-refractivity contribution in [2.24, 2.45) is 11.7 Å². The van der Waals surface area contributed by atoms with Gasteiger partial charge in [0, 0.05) is 23.8 Å². The Kier molecular flexibility index (Phi) is 3.38. The van der Waals surface area contributed by atoms with E-state index in [9.17, 15) is 4.79 Å². The van der Waals surface area contributed by atoms with E-state index in [1.165, 1.54) is 12.8 Å². The summed E-state index contributed by atoms with van der Waals surface area (Å²) < 4.78 is 0. The largest absolute Gasteiger partial charge is 0.368 e. The first-order valence-electron chi connectivity index (χ1n) is 7.14. The summed E-state index contributed by atoms with van der Waals surface area (Å²) >= 11 is 6.42. The van der Waals surface area contributed by atoms with E-state index in [-0.39, 0.29) is 5.91 Å². The first-order valence-corrected chi connectivity index (χ1v) is 7.51. The van der Waals surface area contributed by atoms with Crippen LogP contribution in [0, 0.1) is 5.92 Å². The number of piperidine rings is 1. The number of fused-ring (bicyclic) bond motifs is 1. The van der Waals surface area contributed by atoms with E-state index in [0.29, 0.717) is 11.1 Å². The quantitative estimate of drug-likeness (QED) is 0.837. The van der Waals surface area contributed by atoms with Crippen molar-refractivity contribution >= 4 is 28.9 Å². The standard InChI is InChI=1S/C15H20ClN3O/c1-8-3-4-19(9(2)5-8)13-7-12-10(6-11(13)16)14(17)15(20)18-12/h6-9,14H,3-5,17H2,1-2H3,(H,18,20). The second-order valence-corrected chi connectivity index (χ2v) is 6.44. The van der Waals surface area contributed by atoms with E-state index >= 15 is 0 Å². The Morgan fingerprint density at radius 1 is 1.40 bits per heavy atom. The minimum atomic E-state index is -0.602. The lowest BCUT2D eigenvalue weighted by Gasteiger charge is -2.39. The molecule has 1 aromatic carbocycles. The molecule has 0 bridgehead atoms. The summed E-state index contributed by atoms with van der Waals surface area (Å²) in [5.74, 6) is 0.594. The number of nitrogens with one attached hydrogen (secondary N) is 1. The Morgan fingerprint density at radius 3 is 2.85 bits per heavy atom. The van der Waals surface area contributed by atoms with Crippen molar-refractivity contribution in [3.63, 3.8) is 0 Å². The number of rotatable bonds is 1. The van der Waals surface area contributed by atoms with Gasteiger partial charge >= 0.3 is 0 Å². The number of amides is 1. The zero-order chi connectivity index (χ0) is 14.4. The number of hydrogen-bond acceptors (Lipinski definition) is 3. The molecule has 3 rings (SSSR count). The van der Waals surface area contributed by atoms with Gasteiger partial charge in [0.25, 0.3) is 0 Å². The Hall–Kier alpha value is -1.26. The fourth-order valence-corrected chi connectivity index (χ4v) is 3.56. The minimum absolute atomic E-state index is 0.159. The highest BCUT2D eigenvalue weighted by Crippen LogP contribution is 2.40. The van der Waals surface area contributed by atoms with Crippen molar-refractivity contribution in [2.75, 3.05) is 16.8 Å². The average Bonchev–Trinajstić information content (AvgIpc) is 2.65. The van der Waals surface area contributed by atoms with Crippen LogP contribution >= 0.6 is 11.6 Å². The van der Waals surface area contributed by atoms with E-state index < -0.39 is 6.04 Å². The van der Waals surface area contributed by atoms with Crippen molar-refractivity contribution in [3.05, 3.63) is 22.7 Å². The summed E-state index contributed by atoms with van der Waals surface area (Å²) in [6.07, 6.45) is 2.34. The maximum absolute atomic E-state index is 11.6. The lowest BCUT2D eigenvalue weighted by Crippen LogP contribution is -2.40. The van der Waals surface area contributed by atoms with Gasteiger partial charge in [-0.2, -0.15) is 0 Å². The molecular formula is C15H20ClN3O. The van der Waals surface area contributed by atoms with Gasteiger partial charge in [-0.25, -0.2) is 0 Å². The SMILES string of the molecule is CC1CCN(c2cc3c(cc2Cl)C(N)C(=O)N3)C(C)C1. The van der Waals surface area contributed by atoms with Crippen LogP contribution in [0.3, 0.4) is 0 Å². The van der Waals surface area contributed by atoms with Gasteiger partial charge in [0.2, 0.25) is 5.91 Å². The molecular weight excluding hydrogens is 274 g/mol. The summed E-state index contributed by atoms with van der Waals surface area (Å²) in [5, 5.41) is 3.51. The number of carbonyl (C=O) groups excluding carboxylic acids is 1. The molecule has 108 valence electrons. The first kappa shape index (κ1) is 13.7. The van der Waals surface area contributed by atoms with E-state index in [1.54, 1.807) is 0 Å². The van der Waals surface area contributed by atoms with Gasteiger partial charge < -0.3 is 16.0 Å². The van der Waals surface area contributed by atoms with Crippen molar-refractivity contribution in [2.45, 2.75) is 38.8 Å².